The molecule has 0 atom stereocenters. The molecule has 0 aromatic heterocycles. The number of amides is 2. The molecule has 0 radical (unpaired) electrons. The van der Waals surface area contributed by atoms with Crippen LogP contribution in [0.15, 0.2) is 89.8 Å². The Morgan fingerprint density at radius 3 is 2.38 bits per heavy atom. The van der Waals surface area contributed by atoms with E-state index in [4.69, 9.17) is 9.47 Å². The zero-order chi connectivity index (χ0) is 25.8. The molecule has 1 heterocycles. The molecule has 0 spiro atoms. The van der Waals surface area contributed by atoms with Gasteiger partial charge in [-0.05, 0) is 105 Å². The highest BCUT2D eigenvalue weighted by atomic mass is 127. The summed E-state index contributed by atoms with van der Waals surface area (Å²) in [6.45, 7) is 3.05. The predicted octanol–water partition coefficient (Wildman–Crippen LogP) is 7.66. The number of ether oxygens (including phenoxy) is 2. The van der Waals surface area contributed by atoms with Crippen molar-refractivity contribution >= 4 is 62.3 Å². The second kappa shape index (κ2) is 11.4. The van der Waals surface area contributed by atoms with Crippen molar-refractivity contribution < 1.29 is 19.1 Å². The Balaban J connectivity index is 1.31. The van der Waals surface area contributed by atoms with Crippen LogP contribution in [-0.4, -0.2) is 22.7 Å². The smallest absolute Gasteiger partial charge is 0.293 e. The number of benzene rings is 4. The SMILES string of the molecule is CCOc1cc(/C=C2\SC(=O)N(Cc3ccc(I)cc3)C2=O)ccc1OCc1ccc2ccccc2c1. The average Bonchev–Trinajstić information content (AvgIpc) is 3.16. The van der Waals surface area contributed by atoms with Gasteiger partial charge in [-0.15, -0.1) is 0 Å². The highest BCUT2D eigenvalue weighted by Gasteiger charge is 2.35. The van der Waals surface area contributed by atoms with E-state index in [9.17, 15) is 9.59 Å². The lowest BCUT2D eigenvalue weighted by Gasteiger charge is -2.13. The Morgan fingerprint density at radius 2 is 1.59 bits per heavy atom. The van der Waals surface area contributed by atoms with Crippen LogP contribution >= 0.6 is 34.4 Å². The van der Waals surface area contributed by atoms with Crippen LogP contribution in [0.3, 0.4) is 0 Å². The molecule has 2 amide bonds. The standard InChI is InChI=1S/C30H24INO4S/c1-2-35-27-16-21(10-14-26(27)36-19-22-7-11-23-5-3-4-6-24(23)15-22)17-28-29(33)32(30(34)37-28)18-20-8-12-25(31)13-9-20/h3-17H,2,18-19H2,1H3/b28-17-. The fourth-order valence-electron chi connectivity index (χ4n) is 4.05. The van der Waals surface area contributed by atoms with Gasteiger partial charge in [0.25, 0.3) is 11.1 Å². The number of carbonyl (C=O) groups excluding carboxylic acids is 2. The van der Waals surface area contributed by atoms with E-state index in [1.165, 1.54) is 15.7 Å². The molecule has 1 aliphatic rings. The number of imide groups is 1. The second-order valence-electron chi connectivity index (χ2n) is 8.50. The lowest BCUT2D eigenvalue weighted by Crippen LogP contribution is -2.27. The summed E-state index contributed by atoms with van der Waals surface area (Å²) in [5.41, 5.74) is 2.74. The molecule has 0 saturated carbocycles. The van der Waals surface area contributed by atoms with Crippen LogP contribution in [0.25, 0.3) is 16.8 Å². The summed E-state index contributed by atoms with van der Waals surface area (Å²) in [6.07, 6.45) is 1.73. The summed E-state index contributed by atoms with van der Waals surface area (Å²) < 4.78 is 13.0. The van der Waals surface area contributed by atoms with E-state index in [0.717, 1.165) is 32.0 Å². The van der Waals surface area contributed by atoms with Crippen molar-refractivity contribution in [3.63, 3.8) is 0 Å². The monoisotopic (exact) mass is 621 g/mol. The predicted molar refractivity (Wildman–Crippen MR) is 157 cm³/mol. The van der Waals surface area contributed by atoms with E-state index in [-0.39, 0.29) is 17.7 Å². The van der Waals surface area contributed by atoms with Gasteiger partial charge in [0.15, 0.2) is 11.5 Å². The Morgan fingerprint density at radius 1 is 0.838 bits per heavy atom. The summed E-state index contributed by atoms with van der Waals surface area (Å²) >= 11 is 3.18. The van der Waals surface area contributed by atoms with Gasteiger partial charge < -0.3 is 9.47 Å². The molecule has 1 aliphatic heterocycles. The molecule has 186 valence electrons. The Hall–Kier alpha value is -3.30. The highest BCUT2D eigenvalue weighted by molar-refractivity contribution is 14.1. The normalized spacial score (nSPS) is 14.5. The number of fused-ring (bicyclic) bond motifs is 1. The number of rotatable bonds is 8. The largest absolute Gasteiger partial charge is 0.490 e. The maximum absolute atomic E-state index is 13.0. The Labute approximate surface area is 233 Å². The van der Waals surface area contributed by atoms with E-state index in [0.29, 0.717) is 29.6 Å². The topological polar surface area (TPSA) is 55.8 Å². The van der Waals surface area contributed by atoms with E-state index in [2.05, 4.69) is 52.9 Å². The molecule has 5 nitrogen and oxygen atoms in total. The summed E-state index contributed by atoms with van der Waals surface area (Å²) in [6, 6.07) is 27.8. The molecule has 0 bridgehead atoms. The van der Waals surface area contributed by atoms with Gasteiger partial charge in [-0.2, -0.15) is 0 Å². The molecular weight excluding hydrogens is 597 g/mol. The first-order valence-electron chi connectivity index (χ1n) is 11.9. The van der Waals surface area contributed by atoms with Crippen LogP contribution < -0.4 is 9.47 Å². The molecule has 7 heteroatoms. The zero-order valence-corrected chi connectivity index (χ0v) is 23.1. The first-order chi connectivity index (χ1) is 18.0. The third-order valence-electron chi connectivity index (χ3n) is 5.90. The van der Waals surface area contributed by atoms with Gasteiger partial charge in [0.1, 0.15) is 6.61 Å². The summed E-state index contributed by atoms with van der Waals surface area (Å²) in [5, 5.41) is 2.09. The van der Waals surface area contributed by atoms with Crippen LogP contribution in [0.4, 0.5) is 4.79 Å². The van der Waals surface area contributed by atoms with Gasteiger partial charge in [-0.25, -0.2) is 0 Å². The van der Waals surface area contributed by atoms with Crippen molar-refractivity contribution in [2.24, 2.45) is 0 Å². The number of nitrogens with zero attached hydrogens (tertiary/aromatic N) is 1. The summed E-state index contributed by atoms with van der Waals surface area (Å²) in [5.74, 6) is 0.928. The first kappa shape index (κ1) is 25.4. The van der Waals surface area contributed by atoms with Gasteiger partial charge in [0.2, 0.25) is 0 Å². The minimum absolute atomic E-state index is 0.255. The van der Waals surface area contributed by atoms with Crippen LogP contribution in [0, 0.1) is 3.57 Å². The fraction of sp³-hybridized carbons (Fsp3) is 0.133. The molecule has 0 N–H and O–H groups in total. The average molecular weight is 621 g/mol. The Bertz CT molecular complexity index is 1500. The number of thioether (sulfide) groups is 1. The van der Waals surface area contributed by atoms with E-state index in [1.54, 1.807) is 6.08 Å². The van der Waals surface area contributed by atoms with Gasteiger partial charge in [0.05, 0.1) is 18.1 Å². The molecule has 4 aromatic rings. The van der Waals surface area contributed by atoms with Crippen LogP contribution in [0.1, 0.15) is 23.6 Å². The zero-order valence-electron chi connectivity index (χ0n) is 20.1. The summed E-state index contributed by atoms with van der Waals surface area (Å²) in [4.78, 5) is 27.2. The first-order valence-corrected chi connectivity index (χ1v) is 13.8. The molecular formula is C30H24INO4S. The van der Waals surface area contributed by atoms with Crippen molar-refractivity contribution in [2.75, 3.05) is 6.61 Å². The third kappa shape index (κ3) is 5.99. The minimum atomic E-state index is -0.289. The number of hydrogen-bond acceptors (Lipinski definition) is 5. The number of halogens is 1. The van der Waals surface area contributed by atoms with Crippen molar-refractivity contribution in [1.82, 2.24) is 4.90 Å². The van der Waals surface area contributed by atoms with E-state index >= 15 is 0 Å². The fourth-order valence-corrected chi connectivity index (χ4v) is 5.25. The lowest BCUT2D eigenvalue weighted by molar-refractivity contribution is -0.123. The van der Waals surface area contributed by atoms with Gasteiger partial charge in [0, 0.05) is 3.57 Å². The van der Waals surface area contributed by atoms with Crippen molar-refractivity contribution in [2.45, 2.75) is 20.1 Å². The second-order valence-corrected chi connectivity index (χ2v) is 10.7. The van der Waals surface area contributed by atoms with Crippen LogP contribution in [-0.2, 0) is 17.9 Å². The van der Waals surface area contributed by atoms with Gasteiger partial charge >= 0.3 is 0 Å². The quantitative estimate of drug-likeness (QED) is 0.149. The lowest BCUT2D eigenvalue weighted by atomic mass is 10.1. The maximum atomic E-state index is 13.0. The molecule has 37 heavy (non-hydrogen) atoms. The van der Waals surface area contributed by atoms with Gasteiger partial charge in [-0.1, -0.05) is 54.6 Å². The third-order valence-corrected chi connectivity index (χ3v) is 7.53. The summed E-state index contributed by atoms with van der Waals surface area (Å²) in [7, 11) is 0. The number of carbonyl (C=O) groups is 2. The van der Waals surface area contributed by atoms with Crippen molar-refractivity contribution in [3.8, 4) is 11.5 Å². The molecule has 1 saturated heterocycles. The number of hydrogen-bond donors (Lipinski definition) is 0. The van der Waals surface area contributed by atoms with Crippen molar-refractivity contribution in [3.05, 3.63) is 110 Å². The molecule has 5 rings (SSSR count). The van der Waals surface area contributed by atoms with Crippen LogP contribution in [0.5, 0.6) is 11.5 Å². The highest BCUT2D eigenvalue weighted by Crippen LogP contribution is 2.35. The Kier molecular flexibility index (Phi) is 7.81. The van der Waals surface area contributed by atoms with E-state index < -0.39 is 0 Å². The molecule has 4 aromatic carbocycles. The molecule has 0 aliphatic carbocycles. The van der Waals surface area contributed by atoms with Crippen molar-refractivity contribution in [1.29, 1.82) is 0 Å². The molecule has 1 fully saturated rings. The van der Waals surface area contributed by atoms with Crippen LogP contribution in [0.2, 0.25) is 0 Å². The van der Waals surface area contributed by atoms with Gasteiger partial charge in [-0.3, -0.25) is 14.5 Å². The minimum Gasteiger partial charge on any atom is -0.490 e. The maximum Gasteiger partial charge on any atom is 0.293 e. The van der Waals surface area contributed by atoms with E-state index in [1.807, 2.05) is 61.5 Å². The molecule has 0 unspecified atom stereocenters.